The molecule has 0 spiro atoms. The minimum Gasteiger partial charge on any atom is -0.479 e. The molecule has 1 N–H and O–H groups in total. The number of carbonyl (C=O) groups excluding carboxylic acids is 7. The lowest BCUT2D eigenvalue weighted by molar-refractivity contribution is -0.239. The minimum atomic E-state index is -1.49. The van der Waals surface area contributed by atoms with E-state index < -0.39 is 65.3 Å². The first-order valence-electron chi connectivity index (χ1n) is 18.5. The van der Waals surface area contributed by atoms with Crippen LogP contribution in [0.2, 0.25) is 0 Å². The second-order valence-electron chi connectivity index (χ2n) is 14.0. The van der Waals surface area contributed by atoms with Crippen LogP contribution in [0.1, 0.15) is 77.4 Å². The maximum atomic E-state index is 11.9. The number of esters is 4. The van der Waals surface area contributed by atoms with Crippen molar-refractivity contribution in [3.05, 3.63) is 56.2 Å². The molecule has 3 atom stereocenters. The van der Waals surface area contributed by atoms with Crippen LogP contribution < -0.4 is 0 Å². The van der Waals surface area contributed by atoms with Crippen molar-refractivity contribution < 1.29 is 76.6 Å². The van der Waals surface area contributed by atoms with E-state index in [1.165, 1.54) is 60.4 Å². The monoisotopic (exact) mass is 830 g/mol. The van der Waals surface area contributed by atoms with E-state index in [9.17, 15) is 38.4 Å². The van der Waals surface area contributed by atoms with Gasteiger partial charge in [-0.25, -0.2) is 24.5 Å². The predicted molar refractivity (Wildman–Crippen MR) is 194 cm³/mol. The lowest BCUT2D eigenvalue weighted by atomic mass is 9.97. The molecule has 8 heterocycles. The van der Waals surface area contributed by atoms with E-state index in [2.05, 4.69) is 24.4 Å². The predicted octanol–water partition coefficient (Wildman–Crippen LogP) is 1.95. The normalized spacial score (nSPS) is 22.7. The van der Waals surface area contributed by atoms with Gasteiger partial charge < -0.3 is 38.3 Å². The van der Waals surface area contributed by atoms with Gasteiger partial charge in [-0.1, -0.05) is 0 Å². The summed E-state index contributed by atoms with van der Waals surface area (Å²) in [6.07, 6.45) is 16.8. The molecule has 0 saturated carbocycles. The highest BCUT2D eigenvalue weighted by Crippen LogP contribution is 2.27. The number of hydrogen-bond donors (Lipinski definition) is 1. The Morgan fingerprint density at radius 3 is 1.37 bits per heavy atom. The number of hydrogen-bond acceptors (Lipinski definition) is 18. The van der Waals surface area contributed by atoms with Gasteiger partial charge in [0.05, 0.1) is 0 Å². The summed E-state index contributed by atoms with van der Waals surface area (Å²) in [6, 6.07) is -0.190. The van der Waals surface area contributed by atoms with Crippen molar-refractivity contribution in [1.29, 1.82) is 0 Å². The molecule has 0 aromatic carbocycles. The fourth-order valence-electron chi connectivity index (χ4n) is 5.68. The first-order valence-corrected chi connectivity index (χ1v) is 18.5. The summed E-state index contributed by atoms with van der Waals surface area (Å²) in [4.78, 5) is 101. The molecule has 0 amide bonds. The van der Waals surface area contributed by atoms with Crippen molar-refractivity contribution in [3.8, 4) is 0 Å². The third-order valence-corrected chi connectivity index (χ3v) is 8.32. The lowest BCUT2D eigenvalue weighted by Gasteiger charge is -2.32. The van der Waals surface area contributed by atoms with Crippen molar-refractivity contribution >= 4 is 47.6 Å². The first kappa shape index (κ1) is 45.6. The van der Waals surface area contributed by atoms with Crippen molar-refractivity contribution in [1.82, 2.24) is 28.7 Å². The molecule has 0 bridgehead atoms. The van der Waals surface area contributed by atoms with Gasteiger partial charge in [0.15, 0.2) is 11.9 Å². The van der Waals surface area contributed by atoms with Gasteiger partial charge in [0.1, 0.15) is 37.6 Å². The summed E-state index contributed by atoms with van der Waals surface area (Å²) in [6.45, 7) is 7.69. The summed E-state index contributed by atoms with van der Waals surface area (Å²) in [5, 5.41) is 8.29. The number of ether oxygens (including phenoxy) is 7. The van der Waals surface area contributed by atoms with Gasteiger partial charge in [0.2, 0.25) is 5.92 Å². The second kappa shape index (κ2) is 21.0. The van der Waals surface area contributed by atoms with Crippen molar-refractivity contribution in [2.45, 2.75) is 103 Å². The zero-order valence-electron chi connectivity index (χ0n) is 32.8. The highest BCUT2D eigenvalue weighted by atomic mass is 16.8. The smallest absolute Gasteiger partial charge is 0.338 e. The number of imidazole rings is 3. The van der Waals surface area contributed by atoms with E-state index in [0.29, 0.717) is 32.7 Å². The summed E-state index contributed by atoms with van der Waals surface area (Å²) in [5.74, 6) is -8.04. The highest BCUT2D eigenvalue weighted by Gasteiger charge is 2.49. The average Bonchev–Trinajstić information content (AvgIpc) is 4.01. The number of aromatic nitrogens is 6. The van der Waals surface area contributed by atoms with Gasteiger partial charge in [-0.05, 0) is 38.5 Å². The molecule has 0 aliphatic carbocycles. The zero-order chi connectivity index (χ0) is 43.2. The molecule has 5 aliphatic heterocycles. The van der Waals surface area contributed by atoms with Crippen LogP contribution in [0.5, 0.6) is 0 Å². The molecule has 0 radical (unpaired) electrons. The number of aliphatic carboxylic acids is 1. The number of ketones is 1. The van der Waals surface area contributed by atoms with E-state index in [1.54, 1.807) is 37.2 Å². The Bertz CT molecular complexity index is 1820. The van der Waals surface area contributed by atoms with Crippen molar-refractivity contribution in [2.24, 2.45) is 5.92 Å². The number of carboxylic acid groups (broad SMARTS) is 1. The molecule has 5 fully saturated rings. The molecule has 3 aromatic heterocycles. The van der Waals surface area contributed by atoms with Gasteiger partial charge >= 0.3 is 35.9 Å². The van der Waals surface area contributed by atoms with Gasteiger partial charge in [-0.15, -0.1) is 0 Å². The Morgan fingerprint density at radius 2 is 1.02 bits per heavy atom. The molecule has 5 aliphatic rings. The topological polar surface area (TPSA) is 275 Å². The molecule has 320 valence electrons. The van der Waals surface area contributed by atoms with E-state index in [0.717, 1.165) is 25.7 Å². The minimum absolute atomic E-state index is 0.00926. The fourth-order valence-corrected chi connectivity index (χ4v) is 5.68. The molecule has 22 nitrogen and oxygen atoms in total. The van der Waals surface area contributed by atoms with E-state index in [1.807, 2.05) is 0 Å². The number of Topliss-reactive ketones (excluding diaryl/α,β-unsaturated/α-hetero) is 1. The molecule has 22 heteroatoms. The van der Waals surface area contributed by atoms with Crippen LogP contribution in [0.15, 0.2) is 56.2 Å². The molecule has 5 saturated heterocycles. The van der Waals surface area contributed by atoms with Crippen LogP contribution in [0, 0.1) is 5.92 Å². The van der Waals surface area contributed by atoms with Crippen LogP contribution >= 0.6 is 0 Å². The Kier molecular flexibility index (Phi) is 16.3. The molecular formula is C37H46N6O16. The Labute approximate surface area is 337 Å². The molecule has 3 aromatic rings. The van der Waals surface area contributed by atoms with Gasteiger partial charge in [-0.2, -0.15) is 0 Å². The van der Waals surface area contributed by atoms with Gasteiger partial charge in [0, 0.05) is 84.7 Å². The first-order chi connectivity index (χ1) is 28.0. The number of cyclic esters (lactones) is 4. The number of rotatable bonds is 4. The summed E-state index contributed by atoms with van der Waals surface area (Å²) in [5.41, 5.74) is 0. The largest absolute Gasteiger partial charge is 0.479 e. The highest BCUT2D eigenvalue weighted by molar-refractivity contribution is 6.17. The maximum Gasteiger partial charge on any atom is 0.338 e. The summed E-state index contributed by atoms with van der Waals surface area (Å²) in [7, 11) is 0. The molecule has 8 rings (SSSR count). The van der Waals surface area contributed by atoms with Crippen LogP contribution in [-0.4, -0.2) is 131 Å². The Morgan fingerprint density at radius 1 is 0.610 bits per heavy atom. The van der Waals surface area contributed by atoms with E-state index in [-0.39, 0.29) is 24.5 Å². The van der Waals surface area contributed by atoms with Gasteiger partial charge in [0.25, 0.3) is 17.5 Å². The standard InChI is InChI=1S/C11H14O6.C8H10N2O2.C7H6N4O.C6H8O4.C5H8O3/c1-11(2)16-9(13)7(10(14)17-11)8(12)6-4-3-5-15-6;11-8(7-2-1-5-12-7)10-4-3-9-6-10;12-7(10-3-1-8-5-10)11-4-2-9-6-11;1-6(2)9-4(7)3-5(8)10-6;6-5(7)4-2-1-3-8-4/h6-7H,3-5H2,1-2H3;3-4,6-7H,1-2,5H2;1-6H;3H2,1-2H3;4H,1-3H2,(H,6,7)/t6-;7-;;;4-/m00..0/s1. The number of nitrogens with zero attached hydrogens (tertiary/aromatic N) is 6. The average molecular weight is 831 g/mol. The van der Waals surface area contributed by atoms with Crippen LogP contribution in [0.4, 0.5) is 4.79 Å². The van der Waals surface area contributed by atoms with Crippen LogP contribution in [0.3, 0.4) is 0 Å². The fraction of sp³-hybridized carbons (Fsp3) is 0.541. The van der Waals surface area contributed by atoms with E-state index >= 15 is 0 Å². The summed E-state index contributed by atoms with van der Waals surface area (Å²) < 4.78 is 38.5. The quantitative estimate of drug-likeness (QED) is 0.290. The molecule has 59 heavy (non-hydrogen) atoms. The Balaban J connectivity index is 0.000000166. The maximum absolute atomic E-state index is 11.9. The third kappa shape index (κ3) is 14.0. The second-order valence-corrected chi connectivity index (χ2v) is 14.0. The SMILES string of the molecule is CC1(C)OC(=O)C(C(=O)[C@@H]2CCCO2)C(=O)O1.CC1(C)OC(=O)CC(=O)O1.O=C(O)[C@@H]1CCCO1.O=C([C@@H]1CCCO1)n1ccnc1.O=C(n1ccnc1)n1ccnc1. The van der Waals surface area contributed by atoms with Crippen molar-refractivity contribution in [2.75, 3.05) is 19.8 Å². The van der Waals surface area contributed by atoms with Crippen LogP contribution in [-0.2, 0) is 61.9 Å². The number of carboxylic acids is 1. The van der Waals surface area contributed by atoms with E-state index in [4.69, 9.17) is 28.8 Å². The van der Waals surface area contributed by atoms with Crippen molar-refractivity contribution in [3.63, 3.8) is 0 Å². The number of carbonyl (C=O) groups is 8. The molecule has 0 unspecified atom stereocenters. The zero-order valence-corrected chi connectivity index (χ0v) is 32.8. The van der Waals surface area contributed by atoms with Gasteiger partial charge in [-0.3, -0.25) is 42.5 Å². The molecular weight excluding hydrogens is 784 g/mol. The lowest BCUT2D eigenvalue weighted by Crippen LogP contribution is -2.51. The third-order valence-electron chi connectivity index (χ3n) is 8.32. The van der Waals surface area contributed by atoms with Crippen LogP contribution in [0.25, 0.3) is 0 Å². The Hall–Kier alpha value is -6.13. The summed E-state index contributed by atoms with van der Waals surface area (Å²) >= 11 is 0.